The Hall–Kier alpha value is -0.180. The van der Waals surface area contributed by atoms with Gasteiger partial charge in [0, 0.05) is 0 Å². The summed E-state index contributed by atoms with van der Waals surface area (Å²) in [6, 6.07) is 0. The van der Waals surface area contributed by atoms with Crippen LogP contribution in [0.15, 0.2) is 0 Å². The number of carbonyl (C=O) groups is 1. The first kappa shape index (κ1) is 10.8. The van der Waals surface area contributed by atoms with E-state index in [9.17, 15) is 4.79 Å². The molecule has 0 radical (unpaired) electrons. The first-order valence-corrected chi connectivity index (χ1v) is 5.77. The van der Waals surface area contributed by atoms with Crippen molar-refractivity contribution in [1.29, 1.82) is 0 Å². The number of esters is 1. The summed E-state index contributed by atoms with van der Waals surface area (Å²) >= 11 is 0. The van der Waals surface area contributed by atoms with Crippen molar-refractivity contribution in [2.24, 2.45) is 0 Å². The molecule has 0 saturated carbocycles. The topological polar surface area (TPSA) is 26.3 Å². The molecule has 0 unspecified atom stereocenters. The molecule has 0 spiro atoms. The largest absolute Gasteiger partial charge is 0.463 e. The average molecular weight is 177 g/mol. The predicted octanol–water partition coefficient (Wildman–Crippen LogP) is 1.21. The Morgan fingerprint density at radius 3 is 2.18 bits per heavy atom. The molecule has 0 aromatic heterocycles. The van der Waals surface area contributed by atoms with Crippen molar-refractivity contribution in [2.75, 3.05) is 23.9 Å². The van der Waals surface area contributed by atoms with Crippen LogP contribution in [0.3, 0.4) is 0 Å². The van der Waals surface area contributed by atoms with E-state index in [-0.39, 0.29) is 16.9 Å². The molecule has 0 aromatic carbocycles. The highest BCUT2D eigenvalue weighted by Crippen LogP contribution is 1.96. The summed E-state index contributed by atoms with van der Waals surface area (Å²) in [7, 11) is 0.255. The Bertz CT molecular complexity index is 111. The number of hydrogen-bond acceptors (Lipinski definition) is 2. The molecule has 0 aromatic rings. The van der Waals surface area contributed by atoms with Crippen LogP contribution >= 0.6 is 0 Å². The minimum absolute atomic E-state index is 0.0421. The van der Waals surface area contributed by atoms with Gasteiger partial charge in [-0.15, -0.1) is 0 Å². The quantitative estimate of drug-likeness (QED) is 0.466. The Morgan fingerprint density at radius 2 is 1.82 bits per heavy atom. The van der Waals surface area contributed by atoms with E-state index in [4.69, 9.17) is 4.74 Å². The van der Waals surface area contributed by atoms with E-state index in [0.717, 1.165) is 11.5 Å². The Balaban J connectivity index is 3.54. The lowest BCUT2D eigenvalue weighted by atomic mass is 10.8. The fourth-order valence-electron chi connectivity index (χ4n) is 0.778. The summed E-state index contributed by atoms with van der Waals surface area (Å²) in [6.45, 7) is 6.58. The highest BCUT2D eigenvalue weighted by Gasteiger charge is 2.18. The zero-order chi connectivity index (χ0) is 8.69. The Morgan fingerprint density at radius 1 is 1.27 bits per heavy atom. The minimum atomic E-state index is -0.0421. The first-order valence-electron chi connectivity index (χ1n) is 4.04. The molecule has 0 aliphatic carbocycles. The van der Waals surface area contributed by atoms with E-state index >= 15 is 0 Å². The zero-order valence-corrected chi connectivity index (χ0v) is 8.37. The van der Waals surface area contributed by atoms with Crippen LogP contribution in [0.5, 0.6) is 0 Å². The van der Waals surface area contributed by atoms with Crippen LogP contribution < -0.4 is 0 Å². The fraction of sp³-hybridized carbons (Fsp3) is 0.875. The van der Waals surface area contributed by atoms with E-state index < -0.39 is 0 Å². The maximum absolute atomic E-state index is 11.0. The number of rotatable bonds is 5. The smallest absolute Gasteiger partial charge is 0.356 e. The Kier molecular flexibility index (Phi) is 6.42. The van der Waals surface area contributed by atoms with Crippen LogP contribution in [0.1, 0.15) is 20.8 Å². The maximum atomic E-state index is 11.0. The second kappa shape index (κ2) is 6.53. The van der Waals surface area contributed by atoms with Crippen LogP contribution in [0.4, 0.5) is 0 Å². The average Bonchev–Trinajstić information content (AvgIpc) is 2.01. The summed E-state index contributed by atoms with van der Waals surface area (Å²) in [5.41, 5.74) is 0. The van der Waals surface area contributed by atoms with Gasteiger partial charge in [-0.05, 0) is 31.7 Å². The van der Waals surface area contributed by atoms with Gasteiger partial charge in [0.1, 0.15) is 11.5 Å². The molecule has 0 atom stereocenters. The molecule has 11 heavy (non-hydrogen) atoms. The van der Waals surface area contributed by atoms with E-state index in [1.54, 1.807) is 0 Å². The van der Waals surface area contributed by atoms with Crippen molar-refractivity contribution in [2.45, 2.75) is 20.8 Å². The monoisotopic (exact) mass is 177 g/mol. The van der Waals surface area contributed by atoms with Gasteiger partial charge in [0.25, 0.3) is 0 Å². The van der Waals surface area contributed by atoms with Crippen LogP contribution in [-0.2, 0) is 20.4 Å². The van der Waals surface area contributed by atoms with E-state index in [1.807, 2.05) is 6.92 Å². The third kappa shape index (κ3) is 5.13. The lowest BCUT2D eigenvalue weighted by molar-refractivity contribution is -0.139. The third-order valence-corrected chi connectivity index (χ3v) is 3.72. The molecule has 0 rings (SSSR count). The van der Waals surface area contributed by atoms with Gasteiger partial charge in [0.15, 0.2) is 0 Å². The molecular formula is C8H17O2S+. The van der Waals surface area contributed by atoms with Gasteiger partial charge >= 0.3 is 5.97 Å². The van der Waals surface area contributed by atoms with Crippen molar-refractivity contribution < 1.29 is 9.53 Å². The minimum Gasteiger partial charge on any atom is -0.463 e. The molecule has 0 fully saturated rings. The van der Waals surface area contributed by atoms with E-state index in [0.29, 0.717) is 12.4 Å². The molecule has 0 amide bonds. The SMILES string of the molecule is CCOC(=O)C[S+](CC)CC. The first-order chi connectivity index (χ1) is 5.24. The standard InChI is InChI=1S/C8H17O2S/c1-4-10-8(9)7-11(5-2)6-3/h4-7H2,1-3H3/q+1. The zero-order valence-electron chi connectivity index (χ0n) is 7.55. The molecule has 2 nitrogen and oxygen atoms in total. The highest BCUT2D eigenvalue weighted by atomic mass is 32.2. The molecule has 0 heterocycles. The van der Waals surface area contributed by atoms with Crippen LogP contribution in [0.2, 0.25) is 0 Å². The summed E-state index contributed by atoms with van der Waals surface area (Å²) < 4.78 is 4.84. The molecule has 3 heteroatoms. The van der Waals surface area contributed by atoms with Crippen LogP contribution in [-0.4, -0.2) is 29.8 Å². The predicted molar refractivity (Wildman–Crippen MR) is 49.9 cm³/mol. The molecule has 0 N–H and O–H groups in total. The molecule has 0 bridgehead atoms. The van der Waals surface area contributed by atoms with Gasteiger partial charge in [-0.2, -0.15) is 0 Å². The molecule has 0 aliphatic heterocycles. The second-order valence-electron chi connectivity index (χ2n) is 2.14. The lowest BCUT2D eigenvalue weighted by Gasteiger charge is -2.02. The maximum Gasteiger partial charge on any atom is 0.356 e. The summed E-state index contributed by atoms with van der Waals surface area (Å²) in [4.78, 5) is 11.0. The van der Waals surface area contributed by atoms with Gasteiger partial charge < -0.3 is 4.74 Å². The summed E-state index contributed by atoms with van der Waals surface area (Å²) in [6.07, 6.45) is 0. The van der Waals surface area contributed by atoms with Gasteiger partial charge in [-0.25, -0.2) is 4.79 Å². The highest BCUT2D eigenvalue weighted by molar-refractivity contribution is 7.97. The van der Waals surface area contributed by atoms with Crippen molar-refractivity contribution in [3.63, 3.8) is 0 Å². The Labute approximate surface area is 71.7 Å². The molecule has 0 aliphatic rings. The number of ether oxygens (including phenoxy) is 1. The number of carbonyl (C=O) groups excluding carboxylic acids is 1. The van der Waals surface area contributed by atoms with Crippen molar-refractivity contribution in [3.8, 4) is 0 Å². The molecular weight excluding hydrogens is 160 g/mol. The normalized spacial score (nSPS) is 10.2. The van der Waals surface area contributed by atoms with Crippen molar-refractivity contribution in [1.82, 2.24) is 0 Å². The fourth-order valence-corrected chi connectivity index (χ4v) is 2.01. The van der Waals surface area contributed by atoms with Crippen LogP contribution in [0.25, 0.3) is 0 Å². The summed E-state index contributed by atoms with van der Waals surface area (Å²) in [5.74, 6) is 2.75. The second-order valence-corrected chi connectivity index (χ2v) is 4.81. The van der Waals surface area contributed by atoms with Crippen molar-refractivity contribution >= 4 is 16.9 Å². The van der Waals surface area contributed by atoms with E-state index in [2.05, 4.69) is 13.8 Å². The van der Waals surface area contributed by atoms with Gasteiger partial charge in [-0.3, -0.25) is 0 Å². The van der Waals surface area contributed by atoms with Crippen LogP contribution in [0, 0.1) is 0 Å². The number of hydrogen-bond donors (Lipinski definition) is 0. The molecule has 0 saturated heterocycles. The third-order valence-electron chi connectivity index (χ3n) is 1.44. The van der Waals surface area contributed by atoms with Gasteiger partial charge in [0.2, 0.25) is 5.75 Å². The van der Waals surface area contributed by atoms with Gasteiger partial charge in [-0.1, -0.05) is 0 Å². The van der Waals surface area contributed by atoms with Gasteiger partial charge in [0.05, 0.1) is 6.61 Å². The van der Waals surface area contributed by atoms with E-state index in [1.165, 1.54) is 0 Å². The molecule has 66 valence electrons. The van der Waals surface area contributed by atoms with Crippen molar-refractivity contribution in [3.05, 3.63) is 0 Å². The summed E-state index contributed by atoms with van der Waals surface area (Å²) in [5, 5.41) is 0. The lowest BCUT2D eigenvalue weighted by Crippen LogP contribution is -2.21.